The fourth-order valence-corrected chi connectivity index (χ4v) is 2.29. The van der Waals surface area contributed by atoms with Crippen LogP contribution < -0.4 is 11.1 Å². The molecule has 1 amide bonds. The molecule has 1 aliphatic rings. The van der Waals surface area contributed by atoms with E-state index >= 15 is 0 Å². The minimum atomic E-state index is -0.495. The highest BCUT2D eigenvalue weighted by Gasteiger charge is 2.19. The van der Waals surface area contributed by atoms with Crippen molar-refractivity contribution in [3.05, 3.63) is 18.0 Å². The van der Waals surface area contributed by atoms with Gasteiger partial charge in [0.2, 0.25) is 0 Å². The van der Waals surface area contributed by atoms with Crippen molar-refractivity contribution in [2.45, 2.75) is 18.9 Å². The Kier molecular flexibility index (Phi) is 3.04. The zero-order valence-corrected chi connectivity index (χ0v) is 10.3. The van der Waals surface area contributed by atoms with E-state index in [0.29, 0.717) is 16.9 Å². The first-order chi connectivity index (χ1) is 9.25. The molecule has 19 heavy (non-hydrogen) atoms. The number of H-pyrrole nitrogens is 1. The maximum atomic E-state index is 11.5. The predicted molar refractivity (Wildman–Crippen MR) is 69.9 cm³/mol. The molecule has 0 unspecified atom stereocenters. The van der Waals surface area contributed by atoms with Gasteiger partial charge < -0.3 is 15.8 Å². The second-order valence-corrected chi connectivity index (χ2v) is 4.57. The number of fused-ring (bicyclic) bond motifs is 1. The number of nitrogens with zero attached hydrogens (tertiary/aromatic N) is 2. The molecule has 0 atom stereocenters. The van der Waals surface area contributed by atoms with Gasteiger partial charge in [-0.2, -0.15) is 5.10 Å². The van der Waals surface area contributed by atoms with Gasteiger partial charge in [-0.05, 0) is 12.8 Å². The molecule has 0 saturated carbocycles. The zero-order valence-electron chi connectivity index (χ0n) is 10.3. The van der Waals surface area contributed by atoms with Crippen molar-refractivity contribution in [3.63, 3.8) is 0 Å². The summed E-state index contributed by atoms with van der Waals surface area (Å²) in [4.78, 5) is 15.6. The number of pyridine rings is 1. The highest BCUT2D eigenvalue weighted by Crippen LogP contribution is 2.26. The highest BCUT2D eigenvalue weighted by atomic mass is 16.5. The molecule has 1 saturated heterocycles. The Morgan fingerprint density at radius 3 is 2.95 bits per heavy atom. The number of ether oxygens (including phenoxy) is 1. The van der Waals surface area contributed by atoms with E-state index in [1.807, 2.05) is 0 Å². The van der Waals surface area contributed by atoms with Crippen molar-refractivity contribution in [2.75, 3.05) is 18.5 Å². The summed E-state index contributed by atoms with van der Waals surface area (Å²) >= 11 is 0. The number of amides is 1. The number of carbonyl (C=O) groups excluding carboxylic acids is 1. The second-order valence-electron chi connectivity index (χ2n) is 4.57. The molecule has 7 nitrogen and oxygen atoms in total. The van der Waals surface area contributed by atoms with E-state index in [1.54, 1.807) is 6.20 Å². The van der Waals surface area contributed by atoms with Crippen LogP contribution in [0, 0.1) is 0 Å². The van der Waals surface area contributed by atoms with Crippen LogP contribution in [0.15, 0.2) is 12.4 Å². The SMILES string of the molecule is NC(=O)c1cnc2[nH]ncc2c1NC1CCOCC1. The third-order valence-electron chi connectivity index (χ3n) is 3.32. The lowest BCUT2D eigenvalue weighted by Crippen LogP contribution is -2.29. The summed E-state index contributed by atoms with van der Waals surface area (Å²) in [5, 5.41) is 10.9. The molecule has 4 N–H and O–H groups in total. The van der Waals surface area contributed by atoms with Crippen LogP contribution in [-0.4, -0.2) is 40.3 Å². The Balaban J connectivity index is 2.00. The first kappa shape index (κ1) is 11.9. The van der Waals surface area contributed by atoms with Crippen molar-refractivity contribution >= 4 is 22.6 Å². The van der Waals surface area contributed by atoms with Gasteiger partial charge in [0.05, 0.1) is 22.8 Å². The number of aromatic amines is 1. The second kappa shape index (κ2) is 4.85. The minimum absolute atomic E-state index is 0.271. The van der Waals surface area contributed by atoms with Gasteiger partial charge in [0, 0.05) is 25.5 Å². The van der Waals surface area contributed by atoms with Crippen molar-refractivity contribution in [3.8, 4) is 0 Å². The van der Waals surface area contributed by atoms with Crippen molar-refractivity contribution in [1.82, 2.24) is 15.2 Å². The van der Waals surface area contributed by atoms with Gasteiger partial charge in [0.15, 0.2) is 5.65 Å². The molecule has 7 heteroatoms. The molecule has 0 radical (unpaired) electrons. The molecule has 3 heterocycles. The molecule has 2 aromatic rings. The van der Waals surface area contributed by atoms with Gasteiger partial charge in [0.25, 0.3) is 5.91 Å². The number of aromatic nitrogens is 3. The van der Waals surface area contributed by atoms with E-state index < -0.39 is 5.91 Å². The number of rotatable bonds is 3. The maximum Gasteiger partial charge on any atom is 0.252 e. The van der Waals surface area contributed by atoms with Crippen LogP contribution in [-0.2, 0) is 4.74 Å². The maximum absolute atomic E-state index is 11.5. The fraction of sp³-hybridized carbons (Fsp3) is 0.417. The summed E-state index contributed by atoms with van der Waals surface area (Å²) in [6, 6.07) is 0.271. The first-order valence-electron chi connectivity index (χ1n) is 6.22. The Hall–Kier alpha value is -2.15. The van der Waals surface area contributed by atoms with Gasteiger partial charge in [-0.25, -0.2) is 4.98 Å². The molecule has 100 valence electrons. The largest absolute Gasteiger partial charge is 0.381 e. The molecule has 3 rings (SSSR count). The summed E-state index contributed by atoms with van der Waals surface area (Å²) < 4.78 is 5.33. The quantitative estimate of drug-likeness (QED) is 0.752. The molecule has 0 bridgehead atoms. The van der Waals surface area contributed by atoms with Crippen molar-refractivity contribution in [1.29, 1.82) is 0 Å². The van der Waals surface area contributed by atoms with Crippen LogP contribution in [0.25, 0.3) is 11.0 Å². The minimum Gasteiger partial charge on any atom is -0.381 e. The summed E-state index contributed by atoms with van der Waals surface area (Å²) in [5.74, 6) is -0.495. The molecule has 1 aliphatic heterocycles. The number of carbonyl (C=O) groups is 1. The number of anilines is 1. The number of primary amides is 1. The number of nitrogens with two attached hydrogens (primary N) is 1. The average Bonchev–Trinajstić information content (AvgIpc) is 2.88. The van der Waals surface area contributed by atoms with Crippen LogP contribution in [0.4, 0.5) is 5.69 Å². The van der Waals surface area contributed by atoms with E-state index in [-0.39, 0.29) is 6.04 Å². The van der Waals surface area contributed by atoms with Crippen LogP contribution in [0.1, 0.15) is 23.2 Å². The Morgan fingerprint density at radius 1 is 1.42 bits per heavy atom. The smallest absolute Gasteiger partial charge is 0.252 e. The van der Waals surface area contributed by atoms with Crippen LogP contribution in [0.5, 0.6) is 0 Å². The topological polar surface area (TPSA) is 106 Å². The third kappa shape index (κ3) is 2.24. The lowest BCUT2D eigenvalue weighted by atomic mass is 10.1. The summed E-state index contributed by atoms with van der Waals surface area (Å²) in [5.41, 5.74) is 7.14. The van der Waals surface area contributed by atoms with Crippen molar-refractivity contribution in [2.24, 2.45) is 5.73 Å². The molecule has 0 spiro atoms. The van der Waals surface area contributed by atoms with Gasteiger partial charge in [-0.1, -0.05) is 0 Å². The van der Waals surface area contributed by atoms with Gasteiger partial charge in [-0.15, -0.1) is 0 Å². The monoisotopic (exact) mass is 261 g/mol. The van der Waals surface area contributed by atoms with Crippen LogP contribution in [0.2, 0.25) is 0 Å². The van der Waals surface area contributed by atoms with E-state index in [2.05, 4.69) is 20.5 Å². The molecule has 0 aromatic carbocycles. The van der Waals surface area contributed by atoms with E-state index in [9.17, 15) is 4.79 Å². The molecule has 2 aromatic heterocycles. The molecular formula is C12H15N5O2. The summed E-state index contributed by atoms with van der Waals surface area (Å²) in [7, 11) is 0. The van der Waals surface area contributed by atoms with E-state index in [4.69, 9.17) is 10.5 Å². The van der Waals surface area contributed by atoms with Gasteiger partial charge >= 0.3 is 0 Å². The van der Waals surface area contributed by atoms with Gasteiger partial charge in [-0.3, -0.25) is 9.89 Å². The lowest BCUT2D eigenvalue weighted by molar-refractivity contribution is 0.0904. The lowest BCUT2D eigenvalue weighted by Gasteiger charge is -2.25. The average molecular weight is 261 g/mol. The van der Waals surface area contributed by atoms with E-state index in [1.165, 1.54) is 6.20 Å². The summed E-state index contributed by atoms with van der Waals surface area (Å²) in [6.45, 7) is 1.45. The van der Waals surface area contributed by atoms with Crippen LogP contribution in [0.3, 0.4) is 0 Å². The zero-order chi connectivity index (χ0) is 13.2. The third-order valence-corrected chi connectivity index (χ3v) is 3.32. The van der Waals surface area contributed by atoms with Crippen molar-refractivity contribution < 1.29 is 9.53 Å². The van der Waals surface area contributed by atoms with Crippen LogP contribution >= 0.6 is 0 Å². The fourth-order valence-electron chi connectivity index (χ4n) is 2.29. The normalized spacial score (nSPS) is 16.6. The molecular weight excluding hydrogens is 246 g/mol. The van der Waals surface area contributed by atoms with Gasteiger partial charge in [0.1, 0.15) is 0 Å². The Bertz CT molecular complexity index is 603. The number of hydrogen-bond donors (Lipinski definition) is 3. The predicted octanol–water partition coefficient (Wildman–Crippen LogP) is 0.648. The number of nitrogens with one attached hydrogen (secondary N) is 2. The highest BCUT2D eigenvalue weighted by molar-refractivity contribution is 6.05. The standard InChI is InChI=1S/C12H15N5O2/c13-11(18)8-5-14-12-9(6-15-17-12)10(8)16-7-1-3-19-4-2-7/h5-7H,1-4H2,(H2,13,18)(H2,14,15,16,17). The van der Waals surface area contributed by atoms with E-state index in [0.717, 1.165) is 31.4 Å². The number of hydrogen-bond acceptors (Lipinski definition) is 5. The molecule has 1 fully saturated rings. The Labute approximate surface area is 109 Å². The Morgan fingerprint density at radius 2 is 2.21 bits per heavy atom. The molecule has 0 aliphatic carbocycles. The first-order valence-corrected chi connectivity index (χ1v) is 6.22. The summed E-state index contributed by atoms with van der Waals surface area (Å²) in [6.07, 6.45) is 4.93.